The molecule has 1 aliphatic rings. The maximum atomic E-state index is 13.4. The van der Waals surface area contributed by atoms with Crippen molar-refractivity contribution in [3.05, 3.63) is 23.6 Å². The highest BCUT2D eigenvalue weighted by Gasteiger charge is 2.52. The quantitative estimate of drug-likeness (QED) is 0.461. The molecule has 100 valence electrons. The summed E-state index contributed by atoms with van der Waals surface area (Å²) in [6.45, 7) is 7.75. The second kappa shape index (κ2) is 4.62. The standard InChI is InChI=1S/C14H17BFNO2/c1-6-7-10-8-9-11(16)17-12(10)15-18-13(2,3)14(4,5)19-15/h1,8-9H,7H2,2-5H3. The molecule has 0 saturated carbocycles. The van der Waals surface area contributed by atoms with Crippen molar-refractivity contribution >= 4 is 12.7 Å². The average molecular weight is 261 g/mol. The van der Waals surface area contributed by atoms with Crippen molar-refractivity contribution < 1.29 is 13.7 Å². The van der Waals surface area contributed by atoms with E-state index in [1.54, 1.807) is 6.07 Å². The number of aromatic nitrogens is 1. The third kappa shape index (κ3) is 2.51. The highest BCUT2D eigenvalue weighted by Crippen LogP contribution is 2.36. The van der Waals surface area contributed by atoms with Gasteiger partial charge in [0, 0.05) is 6.42 Å². The lowest BCUT2D eigenvalue weighted by Gasteiger charge is -2.32. The molecule has 0 spiro atoms. The zero-order chi connectivity index (χ0) is 14.3. The summed E-state index contributed by atoms with van der Waals surface area (Å²) in [5.41, 5.74) is 0.206. The first-order valence-corrected chi connectivity index (χ1v) is 6.21. The smallest absolute Gasteiger partial charge is 0.398 e. The molecule has 0 amide bonds. The number of hydrogen-bond donors (Lipinski definition) is 0. The van der Waals surface area contributed by atoms with Crippen LogP contribution in [0.1, 0.15) is 33.3 Å². The maximum Gasteiger partial charge on any atom is 0.514 e. The molecule has 0 unspecified atom stereocenters. The fraction of sp³-hybridized carbons (Fsp3) is 0.500. The van der Waals surface area contributed by atoms with Crippen molar-refractivity contribution in [1.29, 1.82) is 0 Å². The Bertz CT molecular complexity index is 521. The van der Waals surface area contributed by atoms with Crippen molar-refractivity contribution in [1.82, 2.24) is 4.98 Å². The fourth-order valence-electron chi connectivity index (χ4n) is 1.90. The first kappa shape index (κ1) is 14.0. The molecule has 1 fully saturated rings. The first-order valence-electron chi connectivity index (χ1n) is 6.21. The van der Waals surface area contributed by atoms with E-state index in [9.17, 15) is 4.39 Å². The number of halogens is 1. The second-order valence-electron chi connectivity index (χ2n) is 5.65. The van der Waals surface area contributed by atoms with Gasteiger partial charge in [-0.25, -0.2) is 4.98 Å². The minimum absolute atomic E-state index is 0.368. The number of rotatable bonds is 2. The summed E-state index contributed by atoms with van der Waals surface area (Å²) in [6.07, 6.45) is 5.69. The molecular weight excluding hydrogens is 244 g/mol. The van der Waals surface area contributed by atoms with E-state index in [1.807, 2.05) is 27.7 Å². The number of pyridine rings is 1. The zero-order valence-electron chi connectivity index (χ0n) is 11.7. The van der Waals surface area contributed by atoms with Gasteiger partial charge in [-0.3, -0.25) is 0 Å². The van der Waals surface area contributed by atoms with E-state index >= 15 is 0 Å². The van der Waals surface area contributed by atoms with Crippen molar-refractivity contribution in [3.63, 3.8) is 0 Å². The molecule has 1 aliphatic heterocycles. The van der Waals surface area contributed by atoms with E-state index < -0.39 is 24.3 Å². The van der Waals surface area contributed by atoms with Gasteiger partial charge in [-0.05, 0) is 39.3 Å². The molecule has 0 aliphatic carbocycles. The van der Waals surface area contributed by atoms with Crippen LogP contribution in [0.5, 0.6) is 0 Å². The second-order valence-corrected chi connectivity index (χ2v) is 5.65. The van der Waals surface area contributed by atoms with Gasteiger partial charge in [-0.15, -0.1) is 12.3 Å². The Morgan fingerprint density at radius 3 is 2.37 bits per heavy atom. The third-order valence-electron chi connectivity index (χ3n) is 3.75. The van der Waals surface area contributed by atoms with Crippen LogP contribution < -0.4 is 5.59 Å². The molecule has 0 N–H and O–H groups in total. The summed E-state index contributed by atoms with van der Waals surface area (Å²) < 4.78 is 25.1. The Kier molecular flexibility index (Phi) is 3.42. The first-order chi connectivity index (χ1) is 8.77. The molecule has 0 aromatic carbocycles. The summed E-state index contributed by atoms with van der Waals surface area (Å²) in [5.74, 6) is 1.97. The average Bonchev–Trinajstić information content (AvgIpc) is 2.51. The van der Waals surface area contributed by atoms with Crippen LogP contribution in [-0.2, 0) is 15.7 Å². The van der Waals surface area contributed by atoms with E-state index in [-0.39, 0.29) is 0 Å². The van der Waals surface area contributed by atoms with E-state index in [0.29, 0.717) is 12.0 Å². The molecule has 2 heterocycles. The molecule has 1 aromatic rings. The summed E-state index contributed by atoms with van der Waals surface area (Å²) in [7, 11) is -0.691. The summed E-state index contributed by atoms with van der Waals surface area (Å²) in [5, 5.41) is 0. The summed E-state index contributed by atoms with van der Waals surface area (Å²) in [4.78, 5) is 3.89. The van der Waals surface area contributed by atoms with Crippen LogP contribution in [0.3, 0.4) is 0 Å². The van der Waals surface area contributed by atoms with Crippen molar-refractivity contribution in [3.8, 4) is 12.3 Å². The Labute approximate surface area is 113 Å². The van der Waals surface area contributed by atoms with Crippen LogP contribution in [0.15, 0.2) is 12.1 Å². The van der Waals surface area contributed by atoms with Gasteiger partial charge in [-0.1, -0.05) is 6.07 Å². The molecular formula is C14H17BFNO2. The number of terminal acetylenes is 1. The Hall–Kier alpha value is -1.38. The van der Waals surface area contributed by atoms with Gasteiger partial charge in [0.05, 0.1) is 16.8 Å². The third-order valence-corrected chi connectivity index (χ3v) is 3.75. The highest BCUT2D eigenvalue weighted by molar-refractivity contribution is 6.61. The van der Waals surface area contributed by atoms with Crippen LogP contribution in [0.25, 0.3) is 0 Å². The Morgan fingerprint density at radius 1 is 1.26 bits per heavy atom. The van der Waals surface area contributed by atoms with E-state index in [0.717, 1.165) is 5.56 Å². The zero-order valence-corrected chi connectivity index (χ0v) is 11.7. The topological polar surface area (TPSA) is 31.4 Å². The molecule has 19 heavy (non-hydrogen) atoms. The van der Waals surface area contributed by atoms with Gasteiger partial charge in [0.2, 0.25) is 5.95 Å². The number of nitrogens with zero attached hydrogens (tertiary/aromatic N) is 1. The predicted molar refractivity (Wildman–Crippen MR) is 72.4 cm³/mol. The Morgan fingerprint density at radius 2 is 1.84 bits per heavy atom. The van der Waals surface area contributed by atoms with Gasteiger partial charge < -0.3 is 9.31 Å². The molecule has 0 bridgehead atoms. The highest BCUT2D eigenvalue weighted by atomic mass is 19.1. The molecule has 2 rings (SSSR count). The molecule has 0 atom stereocenters. The summed E-state index contributed by atoms with van der Waals surface area (Å²) in [6, 6.07) is 2.92. The van der Waals surface area contributed by atoms with Crippen molar-refractivity contribution in [2.45, 2.75) is 45.3 Å². The van der Waals surface area contributed by atoms with E-state index in [1.165, 1.54) is 6.07 Å². The van der Waals surface area contributed by atoms with Gasteiger partial charge in [0.1, 0.15) is 0 Å². The summed E-state index contributed by atoms with van der Waals surface area (Å²) >= 11 is 0. The SMILES string of the molecule is C#CCc1ccc(F)nc1B1OC(C)(C)C(C)(C)O1. The fourth-order valence-corrected chi connectivity index (χ4v) is 1.90. The lowest BCUT2D eigenvalue weighted by molar-refractivity contribution is 0.00578. The van der Waals surface area contributed by atoms with Crippen molar-refractivity contribution in [2.24, 2.45) is 0 Å². The van der Waals surface area contributed by atoms with Gasteiger partial charge in [0.15, 0.2) is 0 Å². The minimum Gasteiger partial charge on any atom is -0.398 e. The van der Waals surface area contributed by atoms with Crippen LogP contribution >= 0.6 is 0 Å². The van der Waals surface area contributed by atoms with Crippen LogP contribution in [0.2, 0.25) is 0 Å². The van der Waals surface area contributed by atoms with E-state index in [4.69, 9.17) is 15.7 Å². The molecule has 5 heteroatoms. The minimum atomic E-state index is -0.691. The normalized spacial score (nSPS) is 20.3. The molecule has 1 aromatic heterocycles. The lowest BCUT2D eigenvalue weighted by Crippen LogP contribution is -2.41. The van der Waals surface area contributed by atoms with Crippen LogP contribution in [0, 0.1) is 18.3 Å². The maximum absolute atomic E-state index is 13.4. The monoisotopic (exact) mass is 261 g/mol. The largest absolute Gasteiger partial charge is 0.514 e. The lowest BCUT2D eigenvalue weighted by atomic mass is 9.80. The van der Waals surface area contributed by atoms with E-state index in [2.05, 4.69) is 10.9 Å². The Balaban J connectivity index is 2.39. The predicted octanol–water partition coefficient (Wildman–Crippen LogP) is 1.70. The van der Waals surface area contributed by atoms with Gasteiger partial charge in [-0.2, -0.15) is 4.39 Å². The molecule has 1 saturated heterocycles. The van der Waals surface area contributed by atoms with Gasteiger partial charge in [0.25, 0.3) is 0 Å². The van der Waals surface area contributed by atoms with Crippen LogP contribution in [-0.4, -0.2) is 23.3 Å². The van der Waals surface area contributed by atoms with Crippen molar-refractivity contribution in [2.75, 3.05) is 0 Å². The van der Waals surface area contributed by atoms with Gasteiger partial charge >= 0.3 is 7.12 Å². The van der Waals surface area contributed by atoms with Crippen LogP contribution in [0.4, 0.5) is 4.39 Å². The molecule has 0 radical (unpaired) electrons. The number of hydrogen-bond acceptors (Lipinski definition) is 3. The molecule has 3 nitrogen and oxygen atoms in total.